The summed E-state index contributed by atoms with van der Waals surface area (Å²) in [4.78, 5) is 0.753. The molecule has 0 aromatic carbocycles. The summed E-state index contributed by atoms with van der Waals surface area (Å²) in [7, 11) is 0. The molecule has 0 nitrogen and oxygen atoms in total. The molecule has 1 aliphatic rings. The molecule has 0 radical (unpaired) electrons. The van der Waals surface area contributed by atoms with Gasteiger partial charge in [-0.05, 0) is 0 Å². The zero-order valence-electron chi connectivity index (χ0n) is 7.02. The van der Waals surface area contributed by atoms with Gasteiger partial charge in [0, 0.05) is 0 Å². The van der Waals surface area contributed by atoms with Crippen LogP contribution in [0.3, 0.4) is 0 Å². The summed E-state index contributed by atoms with van der Waals surface area (Å²) in [5.74, 6) is 2.45. The first-order valence-electron chi connectivity index (χ1n) is 4.31. The Hall–Kier alpha value is 2.01. The minimum atomic E-state index is 0.753. The summed E-state index contributed by atoms with van der Waals surface area (Å²) in [6.45, 7) is 0. The first-order valence-corrected chi connectivity index (χ1v) is 8.54. The second kappa shape index (κ2) is 6.48. The van der Waals surface area contributed by atoms with Crippen molar-refractivity contribution in [1.82, 2.24) is 0 Å². The van der Waals surface area contributed by atoms with Gasteiger partial charge in [0.2, 0.25) is 0 Å². The van der Waals surface area contributed by atoms with E-state index >= 15 is 0 Å². The monoisotopic (exact) mass is 386 g/mol. The van der Waals surface area contributed by atoms with Gasteiger partial charge in [-0.3, -0.25) is 0 Å². The van der Waals surface area contributed by atoms with E-state index in [4.69, 9.17) is 0 Å². The van der Waals surface area contributed by atoms with Crippen molar-refractivity contribution < 1.29 is 0 Å². The van der Waals surface area contributed by atoms with Crippen molar-refractivity contribution in [2.24, 2.45) is 0 Å². The van der Waals surface area contributed by atoms with Crippen molar-refractivity contribution in [3.05, 3.63) is 0 Å². The third kappa shape index (κ3) is 5.68. The van der Waals surface area contributed by atoms with Crippen LogP contribution in [0, 0.1) is 0 Å². The molecule has 0 bridgehead atoms. The summed E-state index contributed by atoms with van der Waals surface area (Å²) in [6, 6.07) is 0. The molecule has 1 heterocycles. The standard InChI is InChI=1S/C8H16S2SeTe/c9-4-7(11)1-2-8(12)3-6-5-10-6/h6-9,11-12H,1-5H2. The molecule has 1 saturated heterocycles. The average molecular weight is 383 g/mol. The Bertz CT molecular complexity index is 130. The first kappa shape index (κ1) is 12.1. The van der Waals surface area contributed by atoms with Crippen molar-refractivity contribution >= 4 is 62.7 Å². The van der Waals surface area contributed by atoms with Crippen LogP contribution in [0.1, 0.15) is 19.3 Å². The van der Waals surface area contributed by atoms with Crippen molar-refractivity contribution in [3.63, 3.8) is 0 Å². The molecule has 12 heavy (non-hydrogen) atoms. The van der Waals surface area contributed by atoms with E-state index in [1.807, 2.05) is 22.3 Å². The summed E-state index contributed by atoms with van der Waals surface area (Å²) >= 11 is 11.2. The van der Waals surface area contributed by atoms with Gasteiger partial charge in [-0.1, -0.05) is 0 Å². The number of thiol groups is 1. The van der Waals surface area contributed by atoms with Gasteiger partial charge in [0.05, 0.1) is 0 Å². The summed E-state index contributed by atoms with van der Waals surface area (Å²) in [5.41, 5.74) is 0. The van der Waals surface area contributed by atoms with Crippen LogP contribution in [-0.4, -0.2) is 55.1 Å². The molecule has 0 spiro atoms. The summed E-state index contributed by atoms with van der Waals surface area (Å²) < 4.78 is 0.977. The van der Waals surface area contributed by atoms with Crippen molar-refractivity contribution in [2.45, 2.75) is 33.3 Å². The van der Waals surface area contributed by atoms with E-state index in [0.29, 0.717) is 0 Å². The van der Waals surface area contributed by atoms with Gasteiger partial charge in [0.15, 0.2) is 0 Å². The minimum absolute atomic E-state index is 0.753. The van der Waals surface area contributed by atoms with E-state index in [9.17, 15) is 0 Å². The van der Waals surface area contributed by atoms with Gasteiger partial charge < -0.3 is 0 Å². The van der Waals surface area contributed by atoms with Gasteiger partial charge >= 0.3 is 107 Å². The Labute approximate surface area is 107 Å². The fraction of sp³-hybridized carbons (Fsp3) is 1.00. The van der Waals surface area contributed by atoms with Crippen LogP contribution in [0.25, 0.3) is 0 Å². The fourth-order valence-corrected chi connectivity index (χ4v) is 3.82. The molecule has 4 heteroatoms. The molecule has 1 rings (SSSR count). The average Bonchev–Trinajstić information content (AvgIpc) is 2.84. The number of hydrogen-bond acceptors (Lipinski definition) is 2. The maximum atomic E-state index is 4.28. The molecule has 3 atom stereocenters. The molecule has 0 aromatic rings. The number of rotatable bonds is 6. The Morgan fingerprint density at radius 2 is 2.25 bits per heavy atom. The quantitative estimate of drug-likeness (QED) is 0.413. The van der Waals surface area contributed by atoms with Crippen LogP contribution in [-0.2, 0) is 0 Å². The fourth-order valence-electron chi connectivity index (χ4n) is 1.10. The summed E-state index contributed by atoms with van der Waals surface area (Å²) in [6.07, 6.45) is 4.22. The molecule has 0 saturated carbocycles. The van der Waals surface area contributed by atoms with E-state index in [2.05, 4.69) is 40.4 Å². The normalized spacial score (nSPS) is 26.8. The third-order valence-corrected chi connectivity index (χ3v) is 6.31. The SMILES string of the molecule is SCC([SeH])CCC([TeH])CC1CS1. The van der Waals surface area contributed by atoms with E-state index in [1.165, 1.54) is 25.0 Å². The van der Waals surface area contributed by atoms with Crippen molar-refractivity contribution in [1.29, 1.82) is 0 Å². The van der Waals surface area contributed by atoms with Crippen LogP contribution in [0.5, 0.6) is 0 Å². The molecular weight excluding hydrogens is 367 g/mol. The van der Waals surface area contributed by atoms with E-state index in [1.54, 1.807) is 0 Å². The van der Waals surface area contributed by atoms with Crippen LogP contribution >= 0.6 is 24.4 Å². The van der Waals surface area contributed by atoms with Crippen LogP contribution in [0.4, 0.5) is 0 Å². The predicted molar refractivity (Wildman–Crippen MR) is 65.7 cm³/mol. The Morgan fingerprint density at radius 1 is 1.58 bits per heavy atom. The third-order valence-electron chi connectivity index (χ3n) is 1.98. The molecule has 3 unspecified atom stereocenters. The Morgan fingerprint density at radius 3 is 2.75 bits per heavy atom. The van der Waals surface area contributed by atoms with Gasteiger partial charge in [-0.25, -0.2) is 0 Å². The molecule has 1 fully saturated rings. The van der Waals surface area contributed by atoms with Crippen molar-refractivity contribution in [3.8, 4) is 0 Å². The molecule has 0 amide bonds. The van der Waals surface area contributed by atoms with E-state index in [-0.39, 0.29) is 0 Å². The van der Waals surface area contributed by atoms with Gasteiger partial charge in [-0.2, -0.15) is 0 Å². The van der Waals surface area contributed by atoms with Gasteiger partial charge in [-0.15, -0.1) is 0 Å². The zero-order chi connectivity index (χ0) is 8.97. The maximum absolute atomic E-state index is 4.28. The van der Waals surface area contributed by atoms with Crippen LogP contribution in [0.15, 0.2) is 0 Å². The molecule has 0 N–H and O–H groups in total. The zero-order valence-corrected chi connectivity index (χ0v) is 13.2. The molecule has 1 aliphatic heterocycles. The molecule has 0 aromatic heterocycles. The topological polar surface area (TPSA) is 0 Å². The molecular formula is C8H16S2SeTe. The number of hydrogen-bond donors (Lipinski definition) is 1. The van der Waals surface area contributed by atoms with E-state index in [0.717, 1.165) is 19.8 Å². The number of thioether (sulfide) groups is 1. The molecule has 0 aliphatic carbocycles. The van der Waals surface area contributed by atoms with Crippen molar-refractivity contribution in [2.75, 3.05) is 11.5 Å². The predicted octanol–water partition coefficient (Wildman–Crippen LogP) is 1.58. The van der Waals surface area contributed by atoms with Gasteiger partial charge in [0.25, 0.3) is 0 Å². The Kier molecular flexibility index (Phi) is 6.53. The first-order chi connectivity index (χ1) is 5.72. The summed E-state index contributed by atoms with van der Waals surface area (Å²) in [5, 5.41) is 1.03. The second-order valence-corrected chi connectivity index (χ2v) is 8.57. The Balaban J connectivity index is 1.96. The van der Waals surface area contributed by atoms with Gasteiger partial charge in [0.1, 0.15) is 0 Å². The molecule has 72 valence electrons. The second-order valence-electron chi connectivity index (χ2n) is 3.26. The van der Waals surface area contributed by atoms with Crippen LogP contribution < -0.4 is 0 Å². The van der Waals surface area contributed by atoms with E-state index < -0.39 is 0 Å². The van der Waals surface area contributed by atoms with Crippen LogP contribution in [0.2, 0.25) is 8.78 Å².